The highest BCUT2D eigenvalue weighted by Gasteiger charge is 2.04. The van der Waals surface area contributed by atoms with Gasteiger partial charge in [0.15, 0.2) is 0 Å². The van der Waals surface area contributed by atoms with Crippen molar-refractivity contribution < 1.29 is 9.53 Å². The molecule has 5 heteroatoms. The van der Waals surface area contributed by atoms with Gasteiger partial charge < -0.3 is 15.4 Å². The van der Waals surface area contributed by atoms with E-state index in [-0.39, 0.29) is 12.5 Å². The number of unbranched alkanes of at least 4 members (excludes halogenated alkanes) is 1. The molecule has 0 aliphatic heterocycles. The van der Waals surface area contributed by atoms with Gasteiger partial charge in [0.05, 0.1) is 17.3 Å². The second-order valence-corrected chi connectivity index (χ2v) is 4.93. The van der Waals surface area contributed by atoms with Crippen molar-refractivity contribution in [3.05, 3.63) is 29.3 Å². The Hall–Kier alpha value is -1.10. The molecule has 0 bridgehead atoms. The minimum atomic E-state index is -0.0926. The number of hydrogen-bond donors (Lipinski definition) is 2. The first-order chi connectivity index (χ1) is 9.74. The summed E-state index contributed by atoms with van der Waals surface area (Å²) in [5.74, 6) is -0.0926. The van der Waals surface area contributed by atoms with Crippen molar-refractivity contribution >= 4 is 23.2 Å². The highest BCUT2D eigenvalue weighted by Crippen LogP contribution is 2.19. The van der Waals surface area contributed by atoms with Crippen LogP contribution in [0.3, 0.4) is 0 Å². The molecule has 0 radical (unpaired) electrons. The van der Waals surface area contributed by atoms with Gasteiger partial charge in [0.2, 0.25) is 5.91 Å². The molecule has 2 N–H and O–H groups in total. The molecule has 1 rings (SSSR count). The lowest BCUT2D eigenvalue weighted by atomic mass is 10.3. The fraction of sp³-hybridized carbons (Fsp3) is 0.533. The molecule has 20 heavy (non-hydrogen) atoms. The number of ether oxygens (including phenoxy) is 1. The van der Waals surface area contributed by atoms with Gasteiger partial charge in [0, 0.05) is 13.2 Å². The first-order valence-corrected chi connectivity index (χ1v) is 7.44. The van der Waals surface area contributed by atoms with E-state index in [9.17, 15) is 4.79 Å². The van der Waals surface area contributed by atoms with E-state index in [1.54, 1.807) is 12.1 Å². The van der Waals surface area contributed by atoms with Crippen LogP contribution in [0.1, 0.15) is 26.2 Å². The van der Waals surface area contributed by atoms with Crippen molar-refractivity contribution in [1.82, 2.24) is 5.32 Å². The molecule has 0 saturated carbocycles. The summed E-state index contributed by atoms with van der Waals surface area (Å²) >= 11 is 5.96. The number of hydrogen-bond acceptors (Lipinski definition) is 3. The van der Waals surface area contributed by atoms with E-state index in [2.05, 4.69) is 17.6 Å². The summed E-state index contributed by atoms with van der Waals surface area (Å²) in [5, 5.41) is 6.39. The summed E-state index contributed by atoms with van der Waals surface area (Å²) in [6.45, 7) is 4.74. The number of nitrogens with one attached hydrogen (secondary N) is 2. The maximum atomic E-state index is 11.7. The minimum absolute atomic E-state index is 0.0926. The third-order valence-electron chi connectivity index (χ3n) is 2.72. The van der Waals surface area contributed by atoms with Crippen LogP contribution >= 0.6 is 11.6 Å². The van der Waals surface area contributed by atoms with Crippen LogP contribution in [0.25, 0.3) is 0 Å². The Kier molecular flexibility index (Phi) is 9.04. The van der Waals surface area contributed by atoms with Gasteiger partial charge >= 0.3 is 0 Å². The minimum Gasteiger partial charge on any atom is -0.381 e. The number of anilines is 1. The average molecular weight is 299 g/mol. The van der Waals surface area contributed by atoms with Gasteiger partial charge in [-0.15, -0.1) is 0 Å². The van der Waals surface area contributed by atoms with Gasteiger partial charge in [0.1, 0.15) is 0 Å². The van der Waals surface area contributed by atoms with Gasteiger partial charge in [-0.1, -0.05) is 37.1 Å². The SMILES string of the molecule is CCCCOCCCNCC(=O)Nc1ccccc1Cl. The van der Waals surface area contributed by atoms with Crippen LogP contribution in [0.5, 0.6) is 0 Å². The summed E-state index contributed by atoms with van der Waals surface area (Å²) in [6.07, 6.45) is 3.16. The van der Waals surface area contributed by atoms with Crippen molar-refractivity contribution in [3.63, 3.8) is 0 Å². The summed E-state index contributed by atoms with van der Waals surface area (Å²) in [6, 6.07) is 7.19. The number of carbonyl (C=O) groups excluding carboxylic acids is 1. The Bertz CT molecular complexity index is 399. The molecule has 4 nitrogen and oxygen atoms in total. The maximum absolute atomic E-state index is 11.7. The zero-order valence-electron chi connectivity index (χ0n) is 12.0. The van der Waals surface area contributed by atoms with Gasteiger partial charge in [-0.25, -0.2) is 0 Å². The van der Waals surface area contributed by atoms with E-state index in [4.69, 9.17) is 16.3 Å². The molecule has 1 aromatic rings. The van der Waals surface area contributed by atoms with Gasteiger partial charge in [-0.3, -0.25) is 4.79 Å². The third kappa shape index (κ3) is 7.48. The standard InChI is InChI=1S/C15H23ClN2O2/c1-2-3-10-20-11-6-9-17-12-15(19)18-14-8-5-4-7-13(14)16/h4-5,7-8,17H,2-3,6,9-12H2,1H3,(H,18,19). The smallest absolute Gasteiger partial charge is 0.238 e. The van der Waals surface area contributed by atoms with Gasteiger partial charge in [0.25, 0.3) is 0 Å². The molecule has 0 aromatic heterocycles. The number of benzene rings is 1. The second-order valence-electron chi connectivity index (χ2n) is 4.52. The van der Waals surface area contributed by atoms with Crippen molar-refractivity contribution in [1.29, 1.82) is 0 Å². The van der Waals surface area contributed by atoms with E-state index in [1.165, 1.54) is 0 Å². The highest BCUT2D eigenvalue weighted by molar-refractivity contribution is 6.33. The molecule has 0 aliphatic carbocycles. The maximum Gasteiger partial charge on any atom is 0.238 e. The number of carbonyl (C=O) groups is 1. The van der Waals surface area contributed by atoms with Crippen molar-refractivity contribution in [3.8, 4) is 0 Å². The number of amides is 1. The van der Waals surface area contributed by atoms with E-state index in [0.717, 1.165) is 39.0 Å². The fourth-order valence-electron chi connectivity index (χ4n) is 1.61. The summed E-state index contributed by atoms with van der Waals surface area (Å²) in [4.78, 5) is 11.7. The Labute approximate surface area is 125 Å². The first kappa shape index (κ1) is 17.0. The van der Waals surface area contributed by atoms with E-state index in [0.29, 0.717) is 10.7 Å². The second kappa shape index (κ2) is 10.7. The Morgan fingerprint density at radius 2 is 2.00 bits per heavy atom. The van der Waals surface area contributed by atoms with Crippen LogP contribution in [-0.4, -0.2) is 32.2 Å². The number of para-hydroxylation sites is 1. The molecule has 1 amide bonds. The molecule has 0 heterocycles. The summed E-state index contributed by atoms with van der Waals surface area (Å²) in [5.41, 5.74) is 0.642. The number of halogens is 1. The first-order valence-electron chi connectivity index (χ1n) is 7.07. The monoisotopic (exact) mass is 298 g/mol. The molecule has 0 saturated heterocycles. The Morgan fingerprint density at radius 1 is 1.25 bits per heavy atom. The Balaban J connectivity index is 2.05. The van der Waals surface area contributed by atoms with Crippen molar-refractivity contribution in [2.75, 3.05) is 31.6 Å². The normalized spacial score (nSPS) is 10.5. The van der Waals surface area contributed by atoms with Crippen LogP contribution in [0, 0.1) is 0 Å². The summed E-state index contributed by atoms with van der Waals surface area (Å²) < 4.78 is 5.43. The summed E-state index contributed by atoms with van der Waals surface area (Å²) in [7, 11) is 0. The molecular formula is C15H23ClN2O2. The van der Waals surface area contributed by atoms with Gasteiger partial charge in [-0.05, 0) is 31.5 Å². The largest absolute Gasteiger partial charge is 0.381 e. The topological polar surface area (TPSA) is 50.4 Å². The molecule has 0 fully saturated rings. The zero-order valence-corrected chi connectivity index (χ0v) is 12.7. The quantitative estimate of drug-likeness (QED) is 0.653. The highest BCUT2D eigenvalue weighted by atomic mass is 35.5. The van der Waals surface area contributed by atoms with Crippen molar-refractivity contribution in [2.45, 2.75) is 26.2 Å². The predicted molar refractivity (Wildman–Crippen MR) is 83.3 cm³/mol. The zero-order chi connectivity index (χ0) is 14.6. The third-order valence-corrected chi connectivity index (χ3v) is 3.05. The number of rotatable bonds is 10. The Morgan fingerprint density at radius 3 is 2.75 bits per heavy atom. The fourth-order valence-corrected chi connectivity index (χ4v) is 1.79. The van der Waals surface area contributed by atoms with Crippen LogP contribution in [-0.2, 0) is 9.53 Å². The van der Waals surface area contributed by atoms with Crippen molar-refractivity contribution in [2.24, 2.45) is 0 Å². The van der Waals surface area contributed by atoms with Crippen LogP contribution in [0.15, 0.2) is 24.3 Å². The van der Waals surface area contributed by atoms with E-state index < -0.39 is 0 Å². The molecule has 0 aliphatic rings. The molecule has 0 unspecified atom stereocenters. The molecule has 1 aromatic carbocycles. The molecular weight excluding hydrogens is 276 g/mol. The van der Waals surface area contributed by atoms with Gasteiger partial charge in [-0.2, -0.15) is 0 Å². The van der Waals surface area contributed by atoms with Crippen LogP contribution < -0.4 is 10.6 Å². The molecule has 112 valence electrons. The predicted octanol–water partition coefficient (Wildman–Crippen LogP) is 3.07. The molecule has 0 atom stereocenters. The van der Waals surface area contributed by atoms with E-state index in [1.807, 2.05) is 12.1 Å². The van der Waals surface area contributed by atoms with Crippen LogP contribution in [0.2, 0.25) is 5.02 Å². The lowest BCUT2D eigenvalue weighted by Crippen LogP contribution is -2.29. The lowest BCUT2D eigenvalue weighted by molar-refractivity contribution is -0.115. The lowest BCUT2D eigenvalue weighted by Gasteiger charge is -2.08. The van der Waals surface area contributed by atoms with E-state index >= 15 is 0 Å². The van der Waals surface area contributed by atoms with Crippen LogP contribution in [0.4, 0.5) is 5.69 Å². The average Bonchev–Trinajstić information content (AvgIpc) is 2.44. The molecule has 0 spiro atoms.